The molecule has 1 unspecified atom stereocenters. The number of hydrogen-bond donors (Lipinski definition) is 1. The zero-order valence-corrected chi connectivity index (χ0v) is 14.9. The molecule has 0 aliphatic heterocycles. The van der Waals surface area contributed by atoms with Crippen LogP contribution in [0, 0.1) is 0 Å². The number of ether oxygens (including phenoxy) is 2. The summed E-state index contributed by atoms with van der Waals surface area (Å²) in [5.41, 5.74) is 0.481. The van der Waals surface area contributed by atoms with Crippen molar-refractivity contribution in [2.75, 3.05) is 5.32 Å². The van der Waals surface area contributed by atoms with E-state index in [1.807, 2.05) is 48.5 Å². The number of anilines is 1. The highest BCUT2D eigenvalue weighted by Crippen LogP contribution is 2.32. The van der Waals surface area contributed by atoms with Crippen LogP contribution in [-0.4, -0.2) is 12.0 Å². The molecule has 1 amide bonds. The van der Waals surface area contributed by atoms with E-state index in [-0.39, 0.29) is 5.91 Å². The van der Waals surface area contributed by atoms with Gasteiger partial charge in [0.05, 0.1) is 5.69 Å². The van der Waals surface area contributed by atoms with Gasteiger partial charge in [-0.3, -0.25) is 4.79 Å². The van der Waals surface area contributed by atoms with Gasteiger partial charge in [0, 0.05) is 5.02 Å². The Morgan fingerprint density at radius 1 is 0.923 bits per heavy atom. The van der Waals surface area contributed by atoms with Crippen molar-refractivity contribution in [2.24, 2.45) is 0 Å². The fourth-order valence-corrected chi connectivity index (χ4v) is 2.47. The molecule has 26 heavy (non-hydrogen) atoms. The minimum Gasteiger partial charge on any atom is -0.481 e. The van der Waals surface area contributed by atoms with Crippen LogP contribution in [0.4, 0.5) is 5.69 Å². The molecular formula is C21H18ClNO3. The lowest BCUT2D eigenvalue weighted by Gasteiger charge is -2.17. The second-order valence-corrected chi connectivity index (χ2v) is 6.05. The van der Waals surface area contributed by atoms with Crippen LogP contribution in [0.2, 0.25) is 5.02 Å². The molecule has 0 radical (unpaired) electrons. The molecule has 132 valence electrons. The van der Waals surface area contributed by atoms with Crippen molar-refractivity contribution in [3.63, 3.8) is 0 Å². The molecule has 0 saturated heterocycles. The Morgan fingerprint density at radius 2 is 1.54 bits per heavy atom. The van der Waals surface area contributed by atoms with Crippen molar-refractivity contribution in [1.29, 1.82) is 0 Å². The number of carbonyl (C=O) groups excluding carboxylic acids is 1. The number of halogens is 1. The van der Waals surface area contributed by atoms with Gasteiger partial charge in [-0.1, -0.05) is 48.0 Å². The summed E-state index contributed by atoms with van der Waals surface area (Å²) in [6.45, 7) is 1.69. The topological polar surface area (TPSA) is 47.6 Å². The number of rotatable bonds is 6. The molecular weight excluding hydrogens is 350 g/mol. The number of benzene rings is 3. The number of hydrogen-bond acceptors (Lipinski definition) is 3. The zero-order valence-electron chi connectivity index (χ0n) is 14.2. The lowest BCUT2D eigenvalue weighted by atomic mass is 10.2. The third-order valence-corrected chi connectivity index (χ3v) is 3.83. The largest absolute Gasteiger partial charge is 0.481 e. The van der Waals surface area contributed by atoms with Crippen molar-refractivity contribution in [3.05, 3.63) is 83.9 Å². The average Bonchev–Trinajstić information content (AvgIpc) is 2.65. The van der Waals surface area contributed by atoms with Gasteiger partial charge in [-0.05, 0) is 49.4 Å². The summed E-state index contributed by atoms with van der Waals surface area (Å²) in [4.78, 5) is 12.5. The molecule has 1 atom stereocenters. The van der Waals surface area contributed by atoms with E-state index < -0.39 is 6.10 Å². The summed E-state index contributed by atoms with van der Waals surface area (Å²) in [5.74, 6) is 1.50. The van der Waals surface area contributed by atoms with Gasteiger partial charge in [-0.15, -0.1) is 0 Å². The Morgan fingerprint density at radius 3 is 2.19 bits per heavy atom. The second-order valence-electron chi connectivity index (χ2n) is 5.62. The first-order valence-electron chi connectivity index (χ1n) is 8.17. The summed E-state index contributed by atoms with van der Waals surface area (Å²) in [6, 6.07) is 23.6. The summed E-state index contributed by atoms with van der Waals surface area (Å²) in [6.07, 6.45) is -0.680. The van der Waals surface area contributed by atoms with E-state index in [4.69, 9.17) is 21.1 Å². The molecule has 1 N–H and O–H groups in total. The molecule has 0 aliphatic rings. The minimum atomic E-state index is -0.680. The fraction of sp³-hybridized carbons (Fsp3) is 0.0952. The van der Waals surface area contributed by atoms with Crippen molar-refractivity contribution in [1.82, 2.24) is 0 Å². The third-order valence-electron chi connectivity index (χ3n) is 3.60. The molecule has 0 spiro atoms. The molecule has 0 aliphatic carbocycles. The van der Waals surface area contributed by atoms with E-state index in [1.54, 1.807) is 37.3 Å². The number of amides is 1. The van der Waals surface area contributed by atoms with E-state index in [1.165, 1.54) is 0 Å². The minimum absolute atomic E-state index is 0.297. The van der Waals surface area contributed by atoms with E-state index in [9.17, 15) is 4.79 Å². The standard InChI is InChI=1S/C21H18ClNO3/c1-15(25-17-8-4-2-5-9-17)21(24)23-19-14-16(22)12-13-20(19)26-18-10-6-3-7-11-18/h2-15H,1H3,(H,23,24). The van der Waals surface area contributed by atoms with Crippen molar-refractivity contribution < 1.29 is 14.3 Å². The SMILES string of the molecule is CC(Oc1ccccc1)C(=O)Nc1cc(Cl)ccc1Oc1ccccc1. The monoisotopic (exact) mass is 367 g/mol. The summed E-state index contributed by atoms with van der Waals surface area (Å²) in [7, 11) is 0. The van der Waals surface area contributed by atoms with Gasteiger partial charge in [0.15, 0.2) is 11.9 Å². The highest BCUT2D eigenvalue weighted by atomic mass is 35.5. The molecule has 3 aromatic rings. The second kappa shape index (κ2) is 8.41. The molecule has 3 aromatic carbocycles. The lowest BCUT2D eigenvalue weighted by molar-refractivity contribution is -0.122. The van der Waals surface area contributed by atoms with Gasteiger partial charge < -0.3 is 14.8 Å². The van der Waals surface area contributed by atoms with Crippen molar-refractivity contribution in [2.45, 2.75) is 13.0 Å². The first-order valence-corrected chi connectivity index (χ1v) is 8.54. The Kier molecular flexibility index (Phi) is 5.77. The lowest BCUT2D eigenvalue weighted by Crippen LogP contribution is -2.30. The molecule has 0 heterocycles. The Hall–Kier alpha value is -2.98. The van der Waals surface area contributed by atoms with Gasteiger partial charge >= 0.3 is 0 Å². The van der Waals surface area contributed by atoms with Gasteiger partial charge in [-0.25, -0.2) is 0 Å². The van der Waals surface area contributed by atoms with Crippen molar-refractivity contribution in [3.8, 4) is 17.2 Å². The van der Waals surface area contributed by atoms with E-state index in [2.05, 4.69) is 5.32 Å². The predicted octanol–water partition coefficient (Wildman–Crippen LogP) is 5.54. The van der Waals surface area contributed by atoms with Crippen LogP contribution in [0.1, 0.15) is 6.92 Å². The Labute approximate surface area is 157 Å². The molecule has 0 bridgehead atoms. The maximum absolute atomic E-state index is 12.5. The van der Waals surface area contributed by atoms with Crippen LogP contribution in [0.5, 0.6) is 17.2 Å². The van der Waals surface area contributed by atoms with Crippen LogP contribution < -0.4 is 14.8 Å². The fourth-order valence-electron chi connectivity index (χ4n) is 2.30. The van der Waals surface area contributed by atoms with Crippen LogP contribution >= 0.6 is 11.6 Å². The molecule has 0 fully saturated rings. The van der Waals surface area contributed by atoms with Crippen LogP contribution in [0.15, 0.2) is 78.9 Å². The first kappa shape index (κ1) is 17.8. The molecule has 0 aromatic heterocycles. The van der Waals surface area contributed by atoms with E-state index >= 15 is 0 Å². The number of para-hydroxylation sites is 2. The smallest absolute Gasteiger partial charge is 0.265 e. The van der Waals surface area contributed by atoms with Gasteiger partial charge in [0.2, 0.25) is 0 Å². The third kappa shape index (κ3) is 4.77. The molecule has 4 nitrogen and oxygen atoms in total. The van der Waals surface area contributed by atoms with Crippen molar-refractivity contribution >= 4 is 23.2 Å². The number of nitrogens with one attached hydrogen (secondary N) is 1. The van der Waals surface area contributed by atoms with Crippen LogP contribution in [0.3, 0.4) is 0 Å². The first-order chi connectivity index (χ1) is 12.6. The Balaban J connectivity index is 1.73. The highest BCUT2D eigenvalue weighted by Gasteiger charge is 2.17. The summed E-state index contributed by atoms with van der Waals surface area (Å²) >= 11 is 6.07. The highest BCUT2D eigenvalue weighted by molar-refractivity contribution is 6.31. The quantitative estimate of drug-likeness (QED) is 0.622. The van der Waals surface area contributed by atoms with E-state index in [0.29, 0.717) is 28.0 Å². The molecule has 0 saturated carbocycles. The maximum atomic E-state index is 12.5. The number of carbonyl (C=O) groups is 1. The van der Waals surface area contributed by atoms with Crippen LogP contribution in [-0.2, 0) is 4.79 Å². The maximum Gasteiger partial charge on any atom is 0.265 e. The summed E-state index contributed by atoms with van der Waals surface area (Å²) < 4.78 is 11.5. The predicted molar refractivity (Wildman–Crippen MR) is 103 cm³/mol. The van der Waals surface area contributed by atoms with E-state index in [0.717, 1.165) is 0 Å². The van der Waals surface area contributed by atoms with Crippen LogP contribution in [0.25, 0.3) is 0 Å². The van der Waals surface area contributed by atoms with Gasteiger partial charge in [0.1, 0.15) is 11.5 Å². The zero-order chi connectivity index (χ0) is 18.4. The normalized spacial score (nSPS) is 11.5. The average molecular weight is 368 g/mol. The van der Waals surface area contributed by atoms with Gasteiger partial charge in [-0.2, -0.15) is 0 Å². The summed E-state index contributed by atoms with van der Waals surface area (Å²) in [5, 5.41) is 3.32. The Bertz CT molecular complexity index is 869. The molecule has 5 heteroatoms. The van der Waals surface area contributed by atoms with Gasteiger partial charge in [0.25, 0.3) is 5.91 Å². The molecule has 3 rings (SSSR count).